The Kier molecular flexibility index (Phi) is 6.36. The summed E-state index contributed by atoms with van der Waals surface area (Å²) in [6.45, 7) is 10.5. The molecule has 5 heteroatoms. The molecular weight excluding hydrogens is 364 g/mol. The molecule has 1 fully saturated rings. The summed E-state index contributed by atoms with van der Waals surface area (Å²) in [5, 5.41) is 8.20. The number of aromatic nitrogens is 1. The van der Waals surface area contributed by atoms with Crippen LogP contribution in [-0.4, -0.2) is 32.1 Å². The Balaban J connectivity index is 1.74. The van der Waals surface area contributed by atoms with E-state index in [1.807, 2.05) is 24.4 Å². The molecule has 150 valence electrons. The molecule has 0 aliphatic carbocycles. The van der Waals surface area contributed by atoms with E-state index < -0.39 is 0 Å². The van der Waals surface area contributed by atoms with Gasteiger partial charge in [-0.15, -0.1) is 0 Å². The number of rotatable bonds is 5. The molecule has 1 aromatic carbocycles. The Morgan fingerprint density at radius 3 is 2.29 bits per heavy atom. The molecule has 1 aliphatic heterocycles. The number of benzene rings is 1. The summed E-state index contributed by atoms with van der Waals surface area (Å²) < 4.78 is 0. The molecule has 1 aromatic heterocycles. The average molecular weight is 397 g/mol. The lowest BCUT2D eigenvalue weighted by Crippen LogP contribution is -2.62. The Hall–Kier alpha value is -1.98. The molecule has 2 heterocycles. The van der Waals surface area contributed by atoms with E-state index >= 15 is 0 Å². The molecule has 0 bridgehead atoms. The highest BCUT2D eigenvalue weighted by Crippen LogP contribution is 2.28. The first-order chi connectivity index (χ1) is 13.2. The van der Waals surface area contributed by atoms with Crippen molar-refractivity contribution in [1.29, 1.82) is 0 Å². The smallest absolute Gasteiger partial charge is 0.169 e. The number of hydrogen-bond acceptors (Lipinski definition) is 3. The zero-order valence-corrected chi connectivity index (χ0v) is 18.2. The van der Waals surface area contributed by atoms with E-state index in [0.717, 1.165) is 30.2 Å². The van der Waals surface area contributed by atoms with Crippen molar-refractivity contribution in [2.45, 2.75) is 70.7 Å². The van der Waals surface area contributed by atoms with Gasteiger partial charge in [0.05, 0.1) is 12.2 Å². The molecule has 0 amide bonds. The highest BCUT2D eigenvalue weighted by Gasteiger charge is 2.38. The van der Waals surface area contributed by atoms with Gasteiger partial charge in [-0.3, -0.25) is 4.98 Å². The molecule has 4 nitrogen and oxygen atoms in total. The number of thiocarbonyl (C=S) groups is 1. The Labute approximate surface area is 174 Å². The zero-order valence-electron chi connectivity index (χ0n) is 17.4. The van der Waals surface area contributed by atoms with Crippen molar-refractivity contribution in [1.82, 2.24) is 20.5 Å². The summed E-state index contributed by atoms with van der Waals surface area (Å²) in [7, 11) is 0. The second-order valence-corrected chi connectivity index (χ2v) is 9.50. The highest BCUT2D eigenvalue weighted by atomic mass is 32.1. The summed E-state index contributed by atoms with van der Waals surface area (Å²) in [4.78, 5) is 6.71. The first kappa shape index (κ1) is 20.7. The van der Waals surface area contributed by atoms with Crippen molar-refractivity contribution in [3.8, 4) is 0 Å². The quantitative estimate of drug-likeness (QED) is 0.739. The molecule has 28 heavy (non-hydrogen) atoms. The van der Waals surface area contributed by atoms with Gasteiger partial charge in [0.25, 0.3) is 0 Å². The molecule has 0 radical (unpaired) electrons. The molecule has 2 aromatic rings. The maximum atomic E-state index is 5.87. The predicted molar refractivity (Wildman–Crippen MR) is 120 cm³/mol. The van der Waals surface area contributed by atoms with Gasteiger partial charge in [0.1, 0.15) is 0 Å². The van der Waals surface area contributed by atoms with Crippen molar-refractivity contribution in [2.75, 3.05) is 0 Å². The molecule has 0 atom stereocenters. The number of nitrogens with zero attached hydrogens (tertiary/aromatic N) is 2. The minimum atomic E-state index is 0.0836. The second-order valence-electron chi connectivity index (χ2n) is 9.11. The molecule has 0 spiro atoms. The standard InChI is InChI=1S/C23H32N4S/c1-22(2)14-20(15-23(3,4)26-22)25-21(28)27(16-18-10-6-5-7-11-18)17-19-12-8-9-13-24-19/h5-13,20,26H,14-17H2,1-4H3,(H,25,28). The Bertz CT molecular complexity index is 716. The van der Waals surface area contributed by atoms with Gasteiger partial charge in [-0.25, -0.2) is 0 Å². The third-order valence-corrected chi connectivity index (χ3v) is 5.48. The summed E-state index contributed by atoms with van der Waals surface area (Å²) in [5.41, 5.74) is 2.43. The van der Waals surface area contributed by atoms with E-state index in [9.17, 15) is 0 Å². The molecule has 0 saturated carbocycles. The van der Waals surface area contributed by atoms with Crippen LogP contribution in [0.2, 0.25) is 0 Å². The summed E-state index contributed by atoms with van der Waals surface area (Å²) in [6, 6.07) is 16.8. The van der Waals surface area contributed by atoms with Crippen molar-refractivity contribution < 1.29 is 0 Å². The van der Waals surface area contributed by atoms with Gasteiger partial charge >= 0.3 is 0 Å². The highest BCUT2D eigenvalue weighted by molar-refractivity contribution is 7.80. The summed E-state index contributed by atoms with van der Waals surface area (Å²) in [5.74, 6) is 0. The third-order valence-electron chi connectivity index (χ3n) is 5.10. The van der Waals surface area contributed by atoms with Gasteiger partial charge in [0, 0.05) is 29.9 Å². The minimum absolute atomic E-state index is 0.0836. The van der Waals surface area contributed by atoms with Gasteiger partial charge in [-0.1, -0.05) is 36.4 Å². The monoisotopic (exact) mass is 396 g/mol. The van der Waals surface area contributed by atoms with Gasteiger partial charge in [-0.2, -0.15) is 0 Å². The van der Waals surface area contributed by atoms with Crippen LogP contribution in [0.3, 0.4) is 0 Å². The number of hydrogen-bond donors (Lipinski definition) is 2. The van der Waals surface area contributed by atoms with E-state index in [-0.39, 0.29) is 11.1 Å². The largest absolute Gasteiger partial charge is 0.360 e. The van der Waals surface area contributed by atoms with Gasteiger partial charge in [0.15, 0.2) is 5.11 Å². The van der Waals surface area contributed by atoms with Crippen LogP contribution < -0.4 is 10.6 Å². The molecule has 2 N–H and O–H groups in total. The van der Waals surface area contributed by atoms with Crippen molar-refractivity contribution in [2.24, 2.45) is 0 Å². The molecule has 1 aliphatic rings. The first-order valence-corrected chi connectivity index (χ1v) is 10.4. The number of piperidine rings is 1. The minimum Gasteiger partial charge on any atom is -0.360 e. The maximum absolute atomic E-state index is 5.87. The summed E-state index contributed by atoms with van der Waals surface area (Å²) in [6.07, 6.45) is 3.92. The molecule has 0 unspecified atom stereocenters. The van der Waals surface area contributed by atoms with E-state index in [1.165, 1.54) is 5.56 Å². The van der Waals surface area contributed by atoms with E-state index in [4.69, 9.17) is 12.2 Å². The summed E-state index contributed by atoms with van der Waals surface area (Å²) >= 11 is 5.87. The van der Waals surface area contributed by atoms with Crippen molar-refractivity contribution in [3.63, 3.8) is 0 Å². The van der Waals surface area contributed by atoms with Crippen LogP contribution in [0.4, 0.5) is 0 Å². The molecule has 3 rings (SSSR count). The Morgan fingerprint density at radius 2 is 1.68 bits per heavy atom. The normalized spacial score (nSPS) is 18.4. The van der Waals surface area contributed by atoms with E-state index in [2.05, 4.69) is 78.5 Å². The van der Waals surface area contributed by atoms with Crippen LogP contribution in [0.1, 0.15) is 51.8 Å². The van der Waals surface area contributed by atoms with Crippen LogP contribution in [0.15, 0.2) is 54.7 Å². The fraction of sp³-hybridized carbons (Fsp3) is 0.478. The molecule has 1 saturated heterocycles. The van der Waals surface area contributed by atoms with E-state index in [0.29, 0.717) is 12.6 Å². The predicted octanol–water partition coefficient (Wildman–Crippen LogP) is 4.27. The Morgan fingerprint density at radius 1 is 1.04 bits per heavy atom. The van der Waals surface area contributed by atoms with Crippen LogP contribution in [-0.2, 0) is 13.1 Å². The first-order valence-electron chi connectivity index (χ1n) is 10.0. The van der Waals surface area contributed by atoms with Crippen LogP contribution >= 0.6 is 12.2 Å². The van der Waals surface area contributed by atoms with Crippen molar-refractivity contribution in [3.05, 3.63) is 66.0 Å². The fourth-order valence-corrected chi connectivity index (χ4v) is 4.68. The van der Waals surface area contributed by atoms with Crippen LogP contribution in [0.25, 0.3) is 0 Å². The lowest BCUT2D eigenvalue weighted by atomic mass is 9.80. The van der Waals surface area contributed by atoms with Crippen LogP contribution in [0.5, 0.6) is 0 Å². The SMILES string of the molecule is CC1(C)CC(NC(=S)N(Cc2ccccc2)Cc2ccccn2)CC(C)(C)N1. The van der Waals surface area contributed by atoms with Gasteiger partial charge < -0.3 is 15.5 Å². The second kappa shape index (κ2) is 8.58. The third kappa shape index (κ3) is 6.01. The van der Waals surface area contributed by atoms with E-state index in [1.54, 1.807) is 0 Å². The van der Waals surface area contributed by atoms with Crippen molar-refractivity contribution >= 4 is 17.3 Å². The van der Waals surface area contributed by atoms with Gasteiger partial charge in [0.2, 0.25) is 0 Å². The lowest BCUT2D eigenvalue weighted by molar-refractivity contribution is 0.153. The van der Waals surface area contributed by atoms with Gasteiger partial charge in [-0.05, 0) is 70.5 Å². The number of nitrogens with one attached hydrogen (secondary N) is 2. The maximum Gasteiger partial charge on any atom is 0.169 e. The number of pyridine rings is 1. The molecular formula is C23H32N4S. The topological polar surface area (TPSA) is 40.2 Å². The zero-order chi connectivity index (χ0) is 20.2. The van der Waals surface area contributed by atoms with Crippen LogP contribution in [0, 0.1) is 0 Å². The fourth-order valence-electron chi connectivity index (χ4n) is 4.38. The lowest BCUT2D eigenvalue weighted by Gasteiger charge is -2.47. The average Bonchev–Trinajstić information content (AvgIpc) is 2.60.